The zero-order chi connectivity index (χ0) is 12.9. The standard InChI is InChI=1S/C11H10ClF3O2/c12-8-1-3-10(4-2-8)17-7-9(16)5-6-11(13,14)15/h1-4H,5-7H2. The summed E-state index contributed by atoms with van der Waals surface area (Å²) in [5.74, 6) is -0.188. The van der Waals surface area contributed by atoms with Gasteiger partial charge in [-0.1, -0.05) is 11.6 Å². The Balaban J connectivity index is 2.31. The van der Waals surface area contributed by atoms with Gasteiger partial charge in [-0.2, -0.15) is 13.2 Å². The Morgan fingerprint density at radius 3 is 2.35 bits per heavy atom. The van der Waals surface area contributed by atoms with Crippen molar-refractivity contribution in [2.45, 2.75) is 19.0 Å². The molecule has 0 saturated carbocycles. The third-order valence-corrected chi connectivity index (χ3v) is 2.15. The summed E-state index contributed by atoms with van der Waals surface area (Å²) >= 11 is 5.63. The van der Waals surface area contributed by atoms with Crippen molar-refractivity contribution < 1.29 is 22.7 Å². The van der Waals surface area contributed by atoms with Gasteiger partial charge in [0, 0.05) is 11.4 Å². The maximum absolute atomic E-state index is 11.8. The smallest absolute Gasteiger partial charge is 0.389 e. The zero-order valence-electron chi connectivity index (χ0n) is 8.76. The lowest BCUT2D eigenvalue weighted by Gasteiger charge is -2.07. The van der Waals surface area contributed by atoms with Crippen molar-refractivity contribution in [2.24, 2.45) is 0 Å². The number of alkyl halides is 3. The van der Waals surface area contributed by atoms with Crippen molar-refractivity contribution in [2.75, 3.05) is 6.61 Å². The van der Waals surface area contributed by atoms with Crippen LogP contribution in [-0.4, -0.2) is 18.6 Å². The van der Waals surface area contributed by atoms with Crippen LogP contribution in [0.15, 0.2) is 24.3 Å². The summed E-state index contributed by atoms with van der Waals surface area (Å²) in [5.41, 5.74) is 0. The lowest BCUT2D eigenvalue weighted by atomic mass is 10.2. The molecule has 0 saturated heterocycles. The molecule has 0 aliphatic heterocycles. The average molecular weight is 267 g/mol. The van der Waals surface area contributed by atoms with Crippen LogP contribution in [0.2, 0.25) is 5.02 Å². The molecule has 1 aromatic carbocycles. The van der Waals surface area contributed by atoms with Gasteiger partial charge in [0.05, 0.1) is 6.42 Å². The minimum Gasteiger partial charge on any atom is -0.486 e. The maximum Gasteiger partial charge on any atom is 0.389 e. The molecule has 6 heteroatoms. The first kappa shape index (κ1) is 13.8. The largest absolute Gasteiger partial charge is 0.486 e. The predicted octanol–water partition coefficient (Wildman–Crippen LogP) is 3.63. The molecule has 0 spiro atoms. The lowest BCUT2D eigenvalue weighted by molar-refractivity contribution is -0.143. The molecule has 2 nitrogen and oxygen atoms in total. The molecule has 0 unspecified atom stereocenters. The first-order valence-electron chi connectivity index (χ1n) is 4.83. The van der Waals surface area contributed by atoms with E-state index >= 15 is 0 Å². The Labute approximate surface area is 101 Å². The number of Topliss-reactive ketones (excluding diaryl/α,β-unsaturated/α-hetero) is 1. The number of ether oxygens (including phenoxy) is 1. The van der Waals surface area contributed by atoms with E-state index in [1.165, 1.54) is 0 Å². The highest BCUT2D eigenvalue weighted by atomic mass is 35.5. The van der Waals surface area contributed by atoms with E-state index in [2.05, 4.69) is 0 Å². The van der Waals surface area contributed by atoms with E-state index in [-0.39, 0.29) is 6.61 Å². The summed E-state index contributed by atoms with van der Waals surface area (Å²) < 4.78 is 40.5. The minimum atomic E-state index is -4.31. The van der Waals surface area contributed by atoms with E-state index in [4.69, 9.17) is 16.3 Å². The topological polar surface area (TPSA) is 26.3 Å². The van der Waals surface area contributed by atoms with E-state index in [9.17, 15) is 18.0 Å². The van der Waals surface area contributed by atoms with E-state index < -0.39 is 24.8 Å². The highest BCUT2D eigenvalue weighted by Crippen LogP contribution is 2.21. The number of carbonyl (C=O) groups is 1. The fourth-order valence-electron chi connectivity index (χ4n) is 1.05. The average Bonchev–Trinajstić information content (AvgIpc) is 2.25. The number of hydrogen-bond acceptors (Lipinski definition) is 2. The van der Waals surface area contributed by atoms with Gasteiger partial charge in [-0.3, -0.25) is 4.79 Å². The molecular formula is C11H10ClF3O2. The Morgan fingerprint density at radius 2 is 1.82 bits per heavy atom. The second-order valence-electron chi connectivity index (χ2n) is 3.40. The van der Waals surface area contributed by atoms with Crippen LogP contribution in [0.5, 0.6) is 5.75 Å². The van der Waals surface area contributed by atoms with Crippen molar-refractivity contribution in [3.05, 3.63) is 29.3 Å². The first-order chi connectivity index (χ1) is 7.87. The fourth-order valence-corrected chi connectivity index (χ4v) is 1.17. The number of benzene rings is 1. The second kappa shape index (κ2) is 5.91. The number of ketones is 1. The maximum atomic E-state index is 11.8. The van der Waals surface area contributed by atoms with Crippen LogP contribution in [0.3, 0.4) is 0 Å². The van der Waals surface area contributed by atoms with Gasteiger partial charge in [0.2, 0.25) is 0 Å². The summed E-state index contributed by atoms with van der Waals surface area (Å²) in [7, 11) is 0. The predicted molar refractivity (Wildman–Crippen MR) is 57.2 cm³/mol. The van der Waals surface area contributed by atoms with Gasteiger partial charge in [-0.05, 0) is 24.3 Å². The molecule has 0 atom stereocenters. The molecule has 0 aliphatic rings. The van der Waals surface area contributed by atoms with Crippen LogP contribution in [-0.2, 0) is 4.79 Å². The summed E-state index contributed by atoms with van der Waals surface area (Å²) in [6, 6.07) is 6.22. The summed E-state index contributed by atoms with van der Waals surface area (Å²) in [6.45, 7) is -0.363. The number of carbonyl (C=O) groups excluding carboxylic acids is 1. The molecule has 0 N–H and O–H groups in total. The number of hydrogen-bond donors (Lipinski definition) is 0. The van der Waals surface area contributed by atoms with Gasteiger partial charge in [0.15, 0.2) is 5.78 Å². The lowest BCUT2D eigenvalue weighted by Crippen LogP contribution is -2.15. The molecule has 0 fully saturated rings. The van der Waals surface area contributed by atoms with Gasteiger partial charge in [-0.25, -0.2) is 0 Å². The number of rotatable bonds is 5. The molecule has 0 aromatic heterocycles. The van der Waals surface area contributed by atoms with Gasteiger partial charge in [-0.15, -0.1) is 0 Å². The monoisotopic (exact) mass is 266 g/mol. The highest BCUT2D eigenvalue weighted by molar-refractivity contribution is 6.30. The van der Waals surface area contributed by atoms with Crippen LogP contribution in [0.25, 0.3) is 0 Å². The third-order valence-electron chi connectivity index (χ3n) is 1.90. The summed E-state index contributed by atoms with van der Waals surface area (Å²) in [5, 5.41) is 0.515. The zero-order valence-corrected chi connectivity index (χ0v) is 9.52. The van der Waals surface area contributed by atoms with Crippen molar-refractivity contribution in [3.8, 4) is 5.75 Å². The van der Waals surface area contributed by atoms with E-state index in [1.54, 1.807) is 24.3 Å². The fraction of sp³-hybridized carbons (Fsp3) is 0.364. The molecular weight excluding hydrogens is 257 g/mol. The highest BCUT2D eigenvalue weighted by Gasteiger charge is 2.27. The van der Waals surface area contributed by atoms with Gasteiger partial charge in [0.25, 0.3) is 0 Å². The van der Waals surface area contributed by atoms with Gasteiger partial charge < -0.3 is 4.74 Å². The van der Waals surface area contributed by atoms with Gasteiger partial charge in [0.1, 0.15) is 12.4 Å². The molecule has 0 heterocycles. The molecule has 1 rings (SSSR count). The molecule has 0 aliphatic carbocycles. The van der Waals surface area contributed by atoms with Crippen molar-refractivity contribution in [1.29, 1.82) is 0 Å². The Morgan fingerprint density at radius 1 is 1.24 bits per heavy atom. The molecule has 17 heavy (non-hydrogen) atoms. The Bertz CT molecular complexity index is 373. The quantitative estimate of drug-likeness (QED) is 0.813. The van der Waals surface area contributed by atoms with Crippen LogP contribution in [0.4, 0.5) is 13.2 Å². The van der Waals surface area contributed by atoms with Crippen molar-refractivity contribution in [3.63, 3.8) is 0 Å². The Kier molecular flexibility index (Phi) is 4.81. The second-order valence-corrected chi connectivity index (χ2v) is 3.83. The van der Waals surface area contributed by atoms with Gasteiger partial charge >= 0.3 is 6.18 Å². The van der Waals surface area contributed by atoms with Crippen LogP contribution >= 0.6 is 11.6 Å². The van der Waals surface area contributed by atoms with Crippen LogP contribution in [0, 0.1) is 0 Å². The molecule has 0 bridgehead atoms. The van der Waals surface area contributed by atoms with Crippen LogP contribution < -0.4 is 4.74 Å². The molecule has 94 valence electrons. The van der Waals surface area contributed by atoms with Crippen LogP contribution in [0.1, 0.15) is 12.8 Å². The van der Waals surface area contributed by atoms with Crippen molar-refractivity contribution >= 4 is 17.4 Å². The van der Waals surface area contributed by atoms with E-state index in [0.29, 0.717) is 10.8 Å². The van der Waals surface area contributed by atoms with E-state index in [1.807, 2.05) is 0 Å². The molecule has 0 amide bonds. The summed E-state index contributed by atoms with van der Waals surface area (Å²) in [4.78, 5) is 11.1. The first-order valence-corrected chi connectivity index (χ1v) is 5.21. The van der Waals surface area contributed by atoms with Crippen molar-refractivity contribution in [1.82, 2.24) is 0 Å². The molecule has 1 aromatic rings. The van der Waals surface area contributed by atoms with E-state index in [0.717, 1.165) is 0 Å². The normalized spacial score (nSPS) is 11.3. The molecule has 0 radical (unpaired) electrons. The minimum absolute atomic E-state index is 0.363. The number of halogens is 4. The SMILES string of the molecule is O=C(CCC(F)(F)F)COc1ccc(Cl)cc1. The summed E-state index contributed by atoms with van der Waals surface area (Å²) in [6.07, 6.45) is -5.98. The Hall–Kier alpha value is -1.23. The third kappa shape index (κ3) is 6.16.